The summed E-state index contributed by atoms with van der Waals surface area (Å²) in [7, 11) is 0. The Morgan fingerprint density at radius 1 is 1.40 bits per heavy atom. The van der Waals surface area contributed by atoms with Gasteiger partial charge in [0.15, 0.2) is 0 Å². The van der Waals surface area contributed by atoms with Crippen molar-refractivity contribution in [1.82, 2.24) is 5.32 Å². The first-order valence-electron chi connectivity index (χ1n) is 6.42. The van der Waals surface area contributed by atoms with Crippen LogP contribution in [0.15, 0.2) is 35.7 Å². The minimum absolute atomic E-state index is 0.316. The number of carbonyl (C=O) groups is 1. The summed E-state index contributed by atoms with van der Waals surface area (Å²) in [5.74, 6) is -1.26. The van der Waals surface area contributed by atoms with E-state index in [1.165, 1.54) is 6.07 Å². The van der Waals surface area contributed by atoms with E-state index in [-0.39, 0.29) is 5.82 Å². The summed E-state index contributed by atoms with van der Waals surface area (Å²) in [5.41, 5.74) is -0.100. The fourth-order valence-electron chi connectivity index (χ4n) is 2.79. The molecule has 104 valence electrons. The van der Waals surface area contributed by atoms with Crippen LogP contribution in [0, 0.1) is 5.82 Å². The van der Waals surface area contributed by atoms with Crippen molar-refractivity contribution in [1.29, 1.82) is 0 Å². The average Bonchev–Trinajstić information content (AvgIpc) is 3.05. The summed E-state index contributed by atoms with van der Waals surface area (Å²) in [6, 6.07) is 8.55. The molecule has 1 heterocycles. The molecule has 1 unspecified atom stereocenters. The average molecular weight is 291 g/mol. The number of nitrogens with one attached hydrogen (secondary N) is 1. The summed E-state index contributed by atoms with van der Waals surface area (Å²) in [6.07, 6.45) is 0.829. The van der Waals surface area contributed by atoms with Gasteiger partial charge in [0.1, 0.15) is 11.4 Å². The second-order valence-corrected chi connectivity index (χ2v) is 5.94. The fraction of sp³-hybridized carbons (Fsp3) is 0.267. The number of rotatable bonds is 4. The van der Waals surface area contributed by atoms with Gasteiger partial charge in [0.25, 0.3) is 0 Å². The molecule has 0 radical (unpaired) electrons. The molecular formula is C15H14FNO2S. The van der Waals surface area contributed by atoms with E-state index >= 15 is 0 Å². The molecule has 1 aromatic carbocycles. The van der Waals surface area contributed by atoms with Crippen LogP contribution in [0.3, 0.4) is 0 Å². The van der Waals surface area contributed by atoms with Gasteiger partial charge in [-0.15, -0.1) is 11.3 Å². The fourth-order valence-corrected chi connectivity index (χ4v) is 3.44. The minimum atomic E-state index is -1.18. The first-order chi connectivity index (χ1) is 9.63. The molecule has 0 saturated heterocycles. The van der Waals surface area contributed by atoms with Crippen LogP contribution in [0.4, 0.5) is 4.39 Å². The number of thiophene rings is 1. The Morgan fingerprint density at radius 2 is 2.25 bits per heavy atom. The van der Waals surface area contributed by atoms with Crippen molar-refractivity contribution in [2.75, 3.05) is 0 Å². The van der Waals surface area contributed by atoms with E-state index in [0.717, 1.165) is 4.88 Å². The lowest BCUT2D eigenvalue weighted by Gasteiger charge is -2.27. The molecule has 5 heteroatoms. The topological polar surface area (TPSA) is 49.3 Å². The molecule has 0 aliphatic heterocycles. The van der Waals surface area contributed by atoms with E-state index in [1.54, 1.807) is 23.5 Å². The van der Waals surface area contributed by atoms with Crippen LogP contribution in [-0.2, 0) is 23.3 Å². The molecule has 1 atom stereocenters. The molecule has 1 aliphatic rings. The number of carboxylic acids is 1. The zero-order chi connectivity index (χ0) is 14.2. The van der Waals surface area contributed by atoms with E-state index in [1.807, 2.05) is 17.5 Å². The summed E-state index contributed by atoms with van der Waals surface area (Å²) < 4.78 is 13.8. The normalized spacial score (nSPS) is 20.9. The van der Waals surface area contributed by atoms with Gasteiger partial charge < -0.3 is 5.11 Å². The van der Waals surface area contributed by atoms with E-state index in [4.69, 9.17) is 0 Å². The van der Waals surface area contributed by atoms with Crippen LogP contribution >= 0.6 is 11.3 Å². The molecule has 3 rings (SSSR count). The number of hydrogen-bond donors (Lipinski definition) is 2. The molecule has 1 aromatic heterocycles. The molecule has 0 saturated carbocycles. The Hall–Kier alpha value is -1.72. The molecular weight excluding hydrogens is 277 g/mol. The van der Waals surface area contributed by atoms with Crippen LogP contribution in [0.1, 0.15) is 22.4 Å². The van der Waals surface area contributed by atoms with Crippen LogP contribution in [0.25, 0.3) is 0 Å². The van der Waals surface area contributed by atoms with Crippen molar-refractivity contribution < 1.29 is 14.3 Å². The predicted octanol–water partition coefficient (Wildman–Crippen LogP) is 2.90. The Kier molecular flexibility index (Phi) is 3.31. The number of halogens is 1. The lowest BCUT2D eigenvalue weighted by atomic mass is 9.91. The molecule has 3 nitrogen and oxygen atoms in total. The third-order valence-corrected chi connectivity index (χ3v) is 4.71. The van der Waals surface area contributed by atoms with Gasteiger partial charge in [0.05, 0.1) is 0 Å². The molecule has 0 fully saturated rings. The summed E-state index contributed by atoms with van der Waals surface area (Å²) in [6.45, 7) is 0.472. The highest BCUT2D eigenvalue weighted by molar-refractivity contribution is 7.09. The standard InChI is InChI=1S/C15H14FNO2S/c16-13-5-1-4-12-11(13)6-7-15(12,14(18)19)17-9-10-3-2-8-20-10/h1-5,8,17H,6-7,9H2,(H,18,19). The predicted molar refractivity (Wildman–Crippen MR) is 75.2 cm³/mol. The quantitative estimate of drug-likeness (QED) is 0.910. The number of aliphatic carboxylic acids is 1. The first-order valence-corrected chi connectivity index (χ1v) is 7.30. The van der Waals surface area contributed by atoms with Crippen molar-refractivity contribution in [3.63, 3.8) is 0 Å². The molecule has 20 heavy (non-hydrogen) atoms. The number of carboxylic acid groups (broad SMARTS) is 1. The Labute approximate surface area is 120 Å². The maximum Gasteiger partial charge on any atom is 0.328 e. The van der Waals surface area contributed by atoms with Crippen LogP contribution in [-0.4, -0.2) is 11.1 Å². The van der Waals surface area contributed by atoms with Gasteiger partial charge in [0.2, 0.25) is 0 Å². The lowest BCUT2D eigenvalue weighted by Crippen LogP contribution is -2.47. The maximum absolute atomic E-state index is 13.8. The van der Waals surface area contributed by atoms with E-state index in [2.05, 4.69) is 5.32 Å². The smallest absolute Gasteiger partial charge is 0.328 e. The van der Waals surface area contributed by atoms with Crippen molar-refractivity contribution in [3.8, 4) is 0 Å². The number of benzene rings is 1. The molecule has 0 spiro atoms. The Morgan fingerprint density at radius 3 is 2.95 bits per heavy atom. The van der Waals surface area contributed by atoms with Gasteiger partial charge in [-0.05, 0) is 41.5 Å². The Balaban J connectivity index is 1.95. The zero-order valence-electron chi connectivity index (χ0n) is 10.7. The van der Waals surface area contributed by atoms with Crippen molar-refractivity contribution in [3.05, 3.63) is 57.5 Å². The van der Waals surface area contributed by atoms with Gasteiger partial charge in [-0.2, -0.15) is 0 Å². The highest BCUT2D eigenvalue weighted by atomic mass is 32.1. The number of hydrogen-bond acceptors (Lipinski definition) is 3. The zero-order valence-corrected chi connectivity index (χ0v) is 11.5. The monoisotopic (exact) mass is 291 g/mol. The SMILES string of the molecule is O=C(O)C1(NCc2cccs2)CCc2c(F)cccc21. The molecule has 2 aromatic rings. The highest BCUT2D eigenvalue weighted by Crippen LogP contribution is 2.38. The second kappa shape index (κ2) is 5.00. The van der Waals surface area contributed by atoms with E-state index in [0.29, 0.717) is 30.5 Å². The van der Waals surface area contributed by atoms with Crippen LogP contribution < -0.4 is 5.32 Å². The van der Waals surface area contributed by atoms with E-state index < -0.39 is 11.5 Å². The lowest BCUT2D eigenvalue weighted by molar-refractivity contribution is -0.145. The van der Waals surface area contributed by atoms with Gasteiger partial charge in [-0.1, -0.05) is 18.2 Å². The first kappa shape index (κ1) is 13.3. The molecule has 2 N–H and O–H groups in total. The summed E-state index contributed by atoms with van der Waals surface area (Å²) in [4.78, 5) is 12.8. The third kappa shape index (κ3) is 2.03. The molecule has 1 aliphatic carbocycles. The van der Waals surface area contributed by atoms with E-state index in [9.17, 15) is 14.3 Å². The minimum Gasteiger partial charge on any atom is -0.480 e. The van der Waals surface area contributed by atoms with Crippen LogP contribution in [0.5, 0.6) is 0 Å². The van der Waals surface area contributed by atoms with Gasteiger partial charge >= 0.3 is 5.97 Å². The molecule has 0 amide bonds. The summed E-state index contributed by atoms with van der Waals surface area (Å²) in [5, 5.41) is 14.7. The van der Waals surface area contributed by atoms with Crippen molar-refractivity contribution >= 4 is 17.3 Å². The largest absolute Gasteiger partial charge is 0.480 e. The van der Waals surface area contributed by atoms with Gasteiger partial charge in [-0.25, -0.2) is 9.18 Å². The third-order valence-electron chi connectivity index (χ3n) is 3.84. The van der Waals surface area contributed by atoms with Crippen LogP contribution in [0.2, 0.25) is 0 Å². The Bertz CT molecular complexity index is 641. The highest BCUT2D eigenvalue weighted by Gasteiger charge is 2.46. The number of fused-ring (bicyclic) bond motifs is 1. The van der Waals surface area contributed by atoms with Gasteiger partial charge in [-0.3, -0.25) is 5.32 Å². The second-order valence-electron chi connectivity index (χ2n) is 4.91. The van der Waals surface area contributed by atoms with Crippen molar-refractivity contribution in [2.45, 2.75) is 24.9 Å². The van der Waals surface area contributed by atoms with Crippen molar-refractivity contribution in [2.24, 2.45) is 0 Å². The molecule has 0 bridgehead atoms. The van der Waals surface area contributed by atoms with Gasteiger partial charge in [0, 0.05) is 11.4 Å². The summed E-state index contributed by atoms with van der Waals surface area (Å²) >= 11 is 1.57. The maximum atomic E-state index is 13.8.